The Bertz CT molecular complexity index is 1400. The Labute approximate surface area is 248 Å². The van der Waals surface area contributed by atoms with E-state index in [1.807, 2.05) is 57.2 Å². The van der Waals surface area contributed by atoms with Gasteiger partial charge in [-0.1, -0.05) is 61.0 Å². The second-order valence-electron chi connectivity index (χ2n) is 9.87. The van der Waals surface area contributed by atoms with Gasteiger partial charge in [-0.05, 0) is 67.8 Å². The molecule has 3 rings (SSSR count). The molecule has 0 radical (unpaired) electrons. The zero-order valence-electron chi connectivity index (χ0n) is 23.9. The lowest BCUT2D eigenvalue weighted by Gasteiger charge is -2.34. The standard InChI is InChI=1S/C31H38ClN3O5S/c1-5-23(3)33-31(37)29(20-24-11-8-7-9-12-24)34(21-25-13-10-14-26(32)19-25)30(36)22-35(41(4,38)39)27-15-17-28(18-16-27)40-6-2/h7-19,23,29H,5-6,20-22H2,1-4H3,(H,33,37). The molecule has 0 spiro atoms. The van der Waals surface area contributed by atoms with Gasteiger partial charge in [-0.15, -0.1) is 0 Å². The fraction of sp³-hybridized carbons (Fsp3) is 0.355. The van der Waals surface area contributed by atoms with E-state index < -0.39 is 28.5 Å². The van der Waals surface area contributed by atoms with E-state index in [0.717, 1.165) is 16.1 Å². The molecule has 0 bridgehead atoms. The monoisotopic (exact) mass is 599 g/mol. The normalized spacial score (nSPS) is 12.7. The molecule has 1 N–H and O–H groups in total. The number of carbonyl (C=O) groups excluding carboxylic acids is 2. The van der Waals surface area contributed by atoms with E-state index in [0.29, 0.717) is 35.1 Å². The van der Waals surface area contributed by atoms with Crippen molar-refractivity contribution in [2.45, 2.75) is 52.2 Å². The number of nitrogens with zero attached hydrogens (tertiary/aromatic N) is 2. The summed E-state index contributed by atoms with van der Waals surface area (Å²) in [6, 6.07) is 22.0. The summed E-state index contributed by atoms with van der Waals surface area (Å²) in [6.45, 7) is 5.76. The molecule has 8 nitrogen and oxygen atoms in total. The average Bonchev–Trinajstić information content (AvgIpc) is 2.94. The molecular weight excluding hydrogens is 562 g/mol. The van der Waals surface area contributed by atoms with Crippen molar-refractivity contribution in [3.8, 4) is 5.75 Å². The lowest BCUT2D eigenvalue weighted by Crippen LogP contribution is -2.54. The zero-order chi connectivity index (χ0) is 30.0. The minimum absolute atomic E-state index is 0.0612. The van der Waals surface area contributed by atoms with E-state index in [2.05, 4.69) is 5.32 Å². The number of ether oxygens (including phenoxy) is 1. The Kier molecular flexibility index (Phi) is 11.6. The van der Waals surface area contributed by atoms with Crippen molar-refractivity contribution in [2.75, 3.05) is 23.7 Å². The second-order valence-corrected chi connectivity index (χ2v) is 12.2. The van der Waals surface area contributed by atoms with Crippen molar-refractivity contribution < 1.29 is 22.7 Å². The Morgan fingerprint density at radius 3 is 2.20 bits per heavy atom. The van der Waals surface area contributed by atoms with Gasteiger partial charge >= 0.3 is 0 Å². The molecule has 0 fully saturated rings. The fourth-order valence-corrected chi connectivity index (χ4v) is 5.38. The number of anilines is 1. The van der Waals surface area contributed by atoms with Crippen LogP contribution in [-0.4, -0.2) is 56.6 Å². The van der Waals surface area contributed by atoms with Crippen molar-refractivity contribution >= 4 is 39.1 Å². The number of carbonyl (C=O) groups is 2. The number of hydrogen-bond donors (Lipinski definition) is 1. The van der Waals surface area contributed by atoms with Gasteiger partial charge in [-0.3, -0.25) is 13.9 Å². The molecule has 41 heavy (non-hydrogen) atoms. The summed E-state index contributed by atoms with van der Waals surface area (Å²) in [4.78, 5) is 29.2. The van der Waals surface area contributed by atoms with Crippen LogP contribution in [0.15, 0.2) is 78.9 Å². The van der Waals surface area contributed by atoms with Gasteiger partial charge in [0.1, 0.15) is 18.3 Å². The number of nitrogens with one attached hydrogen (secondary N) is 1. The number of hydrogen-bond acceptors (Lipinski definition) is 5. The zero-order valence-corrected chi connectivity index (χ0v) is 25.5. The summed E-state index contributed by atoms with van der Waals surface area (Å²) in [7, 11) is -3.86. The third-order valence-electron chi connectivity index (χ3n) is 6.63. The third kappa shape index (κ3) is 9.50. The van der Waals surface area contributed by atoms with Crippen LogP contribution in [0.1, 0.15) is 38.3 Å². The number of rotatable bonds is 14. The molecule has 2 amide bonds. The molecule has 0 saturated carbocycles. The van der Waals surface area contributed by atoms with Crippen LogP contribution in [0.2, 0.25) is 5.02 Å². The molecular formula is C31H38ClN3O5S. The summed E-state index contributed by atoms with van der Waals surface area (Å²) in [5, 5.41) is 3.50. The highest BCUT2D eigenvalue weighted by atomic mass is 35.5. The van der Waals surface area contributed by atoms with Crippen LogP contribution >= 0.6 is 11.6 Å². The highest BCUT2D eigenvalue weighted by Crippen LogP contribution is 2.23. The summed E-state index contributed by atoms with van der Waals surface area (Å²) >= 11 is 6.25. The number of halogens is 1. The lowest BCUT2D eigenvalue weighted by molar-refractivity contribution is -0.140. The van der Waals surface area contributed by atoms with Crippen LogP contribution in [0.25, 0.3) is 0 Å². The lowest BCUT2D eigenvalue weighted by atomic mass is 10.0. The van der Waals surface area contributed by atoms with Crippen molar-refractivity contribution in [1.29, 1.82) is 0 Å². The van der Waals surface area contributed by atoms with E-state index in [-0.39, 0.29) is 24.9 Å². The van der Waals surface area contributed by atoms with E-state index in [4.69, 9.17) is 16.3 Å². The first kappa shape index (κ1) is 32.0. The quantitative estimate of drug-likeness (QED) is 0.279. The Morgan fingerprint density at radius 2 is 1.61 bits per heavy atom. The second kappa shape index (κ2) is 14.9. The number of sulfonamides is 1. The highest BCUT2D eigenvalue weighted by Gasteiger charge is 2.33. The minimum atomic E-state index is -3.86. The van der Waals surface area contributed by atoms with Crippen LogP contribution in [0.3, 0.4) is 0 Å². The van der Waals surface area contributed by atoms with E-state index in [1.165, 1.54) is 4.90 Å². The molecule has 0 aliphatic heterocycles. The molecule has 0 aliphatic carbocycles. The van der Waals surface area contributed by atoms with Crippen LogP contribution in [-0.2, 0) is 32.6 Å². The Balaban J connectivity index is 2.04. The predicted octanol–water partition coefficient (Wildman–Crippen LogP) is 5.06. The third-order valence-corrected chi connectivity index (χ3v) is 8.00. The van der Waals surface area contributed by atoms with Gasteiger partial charge in [0.15, 0.2) is 0 Å². The molecule has 3 aromatic carbocycles. The maximum atomic E-state index is 14.1. The average molecular weight is 600 g/mol. The first-order chi connectivity index (χ1) is 19.5. The van der Waals surface area contributed by atoms with Gasteiger partial charge in [0, 0.05) is 24.0 Å². The largest absolute Gasteiger partial charge is 0.494 e. The first-order valence-electron chi connectivity index (χ1n) is 13.6. The summed E-state index contributed by atoms with van der Waals surface area (Å²) < 4.78 is 32.3. The van der Waals surface area contributed by atoms with E-state index in [9.17, 15) is 18.0 Å². The van der Waals surface area contributed by atoms with E-state index >= 15 is 0 Å². The van der Waals surface area contributed by atoms with Gasteiger partial charge in [0.25, 0.3) is 0 Å². The van der Waals surface area contributed by atoms with Crippen LogP contribution in [0, 0.1) is 0 Å². The van der Waals surface area contributed by atoms with Crippen molar-refractivity contribution in [1.82, 2.24) is 10.2 Å². The molecule has 2 atom stereocenters. The topological polar surface area (TPSA) is 96.0 Å². The molecule has 220 valence electrons. The van der Waals surface area contributed by atoms with Crippen molar-refractivity contribution in [3.05, 3.63) is 95.0 Å². The van der Waals surface area contributed by atoms with Crippen LogP contribution in [0.4, 0.5) is 5.69 Å². The molecule has 0 aliphatic rings. The smallest absolute Gasteiger partial charge is 0.244 e. The van der Waals surface area contributed by atoms with Gasteiger partial charge in [-0.2, -0.15) is 0 Å². The van der Waals surface area contributed by atoms with Crippen molar-refractivity contribution in [2.24, 2.45) is 0 Å². The van der Waals surface area contributed by atoms with Gasteiger partial charge < -0.3 is 15.0 Å². The van der Waals surface area contributed by atoms with Gasteiger partial charge in [0.2, 0.25) is 21.8 Å². The number of benzene rings is 3. The summed E-state index contributed by atoms with van der Waals surface area (Å²) in [5.74, 6) is -0.252. The van der Waals surface area contributed by atoms with Crippen LogP contribution in [0.5, 0.6) is 5.75 Å². The number of amides is 2. The summed E-state index contributed by atoms with van der Waals surface area (Å²) in [5.41, 5.74) is 1.90. The molecule has 0 heterocycles. The van der Waals surface area contributed by atoms with Gasteiger partial charge in [0.05, 0.1) is 18.6 Å². The summed E-state index contributed by atoms with van der Waals surface area (Å²) in [6.07, 6.45) is 2.01. The van der Waals surface area contributed by atoms with Gasteiger partial charge in [-0.25, -0.2) is 8.42 Å². The fourth-order valence-electron chi connectivity index (χ4n) is 4.32. The first-order valence-corrected chi connectivity index (χ1v) is 15.8. The van der Waals surface area contributed by atoms with E-state index in [1.54, 1.807) is 42.5 Å². The molecule has 10 heteroatoms. The predicted molar refractivity (Wildman–Crippen MR) is 164 cm³/mol. The Morgan fingerprint density at radius 1 is 0.951 bits per heavy atom. The maximum Gasteiger partial charge on any atom is 0.244 e. The van der Waals surface area contributed by atoms with Crippen molar-refractivity contribution in [3.63, 3.8) is 0 Å². The maximum absolute atomic E-state index is 14.1. The highest BCUT2D eigenvalue weighted by molar-refractivity contribution is 7.92. The molecule has 0 aromatic heterocycles. The molecule has 0 saturated heterocycles. The SMILES string of the molecule is CCOc1ccc(N(CC(=O)N(Cc2cccc(Cl)c2)C(Cc2ccccc2)C(=O)NC(C)CC)S(C)(=O)=O)cc1. The molecule has 2 unspecified atom stereocenters. The van der Waals surface area contributed by atoms with Crippen LogP contribution < -0.4 is 14.4 Å². The minimum Gasteiger partial charge on any atom is -0.494 e. The Hall–Kier alpha value is -3.56. The molecule has 3 aromatic rings.